The standard InChI is InChI=1S/C20H30N2O3/c1-15(23)22(14-16-8-7-13-25-16)12-11-19(24)21-18-10-6-5-9-17(18)20(2,3)4/h5-6,9-10,16H,7-8,11-14H2,1-4H3,(H,21,24). The van der Waals surface area contributed by atoms with E-state index in [1.54, 1.807) is 11.8 Å². The molecule has 1 fully saturated rings. The van der Waals surface area contributed by atoms with Gasteiger partial charge in [0.1, 0.15) is 0 Å². The van der Waals surface area contributed by atoms with Gasteiger partial charge in [0.2, 0.25) is 11.8 Å². The zero-order chi connectivity index (χ0) is 18.4. The van der Waals surface area contributed by atoms with Crippen molar-refractivity contribution in [2.24, 2.45) is 0 Å². The zero-order valence-electron chi connectivity index (χ0n) is 15.8. The molecule has 2 amide bonds. The van der Waals surface area contributed by atoms with E-state index >= 15 is 0 Å². The van der Waals surface area contributed by atoms with Crippen molar-refractivity contribution in [3.05, 3.63) is 29.8 Å². The van der Waals surface area contributed by atoms with Gasteiger partial charge in [0.25, 0.3) is 0 Å². The Morgan fingerprint density at radius 2 is 2.00 bits per heavy atom. The van der Waals surface area contributed by atoms with Crippen LogP contribution in [0.1, 0.15) is 52.5 Å². The molecule has 5 heteroatoms. The fourth-order valence-electron chi connectivity index (χ4n) is 3.11. The number of hydrogen-bond acceptors (Lipinski definition) is 3. The largest absolute Gasteiger partial charge is 0.376 e. The predicted octanol–water partition coefficient (Wildman–Crippen LogP) is 3.34. The molecule has 1 aromatic rings. The lowest BCUT2D eigenvalue weighted by Gasteiger charge is -2.25. The molecule has 0 bridgehead atoms. The number of carbonyl (C=O) groups excluding carboxylic acids is 2. The molecule has 0 spiro atoms. The monoisotopic (exact) mass is 346 g/mol. The van der Waals surface area contributed by atoms with E-state index in [9.17, 15) is 9.59 Å². The van der Waals surface area contributed by atoms with Crippen LogP contribution in [0.15, 0.2) is 24.3 Å². The summed E-state index contributed by atoms with van der Waals surface area (Å²) in [4.78, 5) is 25.9. The number of anilines is 1. The van der Waals surface area contributed by atoms with Crippen molar-refractivity contribution >= 4 is 17.5 Å². The molecule has 0 saturated carbocycles. The zero-order valence-corrected chi connectivity index (χ0v) is 15.8. The van der Waals surface area contributed by atoms with Crippen molar-refractivity contribution < 1.29 is 14.3 Å². The number of para-hydroxylation sites is 1. The van der Waals surface area contributed by atoms with Crippen LogP contribution in [0.25, 0.3) is 0 Å². The Labute approximate surface area is 150 Å². The maximum absolute atomic E-state index is 12.4. The first-order chi connectivity index (χ1) is 11.8. The van der Waals surface area contributed by atoms with Crippen LogP contribution in [0, 0.1) is 0 Å². The number of hydrogen-bond donors (Lipinski definition) is 1. The first-order valence-electron chi connectivity index (χ1n) is 9.04. The topological polar surface area (TPSA) is 58.6 Å². The van der Waals surface area contributed by atoms with E-state index in [0.717, 1.165) is 30.7 Å². The van der Waals surface area contributed by atoms with Gasteiger partial charge in [0.05, 0.1) is 6.10 Å². The first kappa shape index (κ1) is 19.4. The van der Waals surface area contributed by atoms with Gasteiger partial charge in [-0.3, -0.25) is 9.59 Å². The van der Waals surface area contributed by atoms with Gasteiger partial charge in [-0.1, -0.05) is 39.0 Å². The van der Waals surface area contributed by atoms with Gasteiger partial charge in [-0.15, -0.1) is 0 Å². The van der Waals surface area contributed by atoms with E-state index in [2.05, 4.69) is 26.1 Å². The smallest absolute Gasteiger partial charge is 0.226 e. The first-order valence-corrected chi connectivity index (χ1v) is 9.04. The Morgan fingerprint density at radius 1 is 1.28 bits per heavy atom. The van der Waals surface area contributed by atoms with Gasteiger partial charge in [-0.25, -0.2) is 0 Å². The van der Waals surface area contributed by atoms with E-state index in [1.165, 1.54) is 0 Å². The molecule has 1 N–H and O–H groups in total. The van der Waals surface area contributed by atoms with Crippen LogP contribution in [-0.2, 0) is 19.7 Å². The van der Waals surface area contributed by atoms with Gasteiger partial charge in [-0.2, -0.15) is 0 Å². The number of nitrogens with zero attached hydrogens (tertiary/aromatic N) is 1. The molecule has 0 aromatic heterocycles. The Hall–Kier alpha value is -1.88. The molecule has 1 unspecified atom stereocenters. The maximum Gasteiger partial charge on any atom is 0.226 e. The highest BCUT2D eigenvalue weighted by Crippen LogP contribution is 2.29. The van der Waals surface area contributed by atoms with Crippen molar-refractivity contribution in [1.29, 1.82) is 0 Å². The molecule has 1 aliphatic rings. The number of benzene rings is 1. The third-order valence-electron chi connectivity index (χ3n) is 4.51. The normalized spacial score (nSPS) is 17.4. The van der Waals surface area contributed by atoms with Crippen LogP contribution in [-0.4, -0.2) is 42.5 Å². The van der Waals surface area contributed by atoms with Gasteiger partial charge in [-0.05, 0) is 29.9 Å². The summed E-state index contributed by atoms with van der Waals surface area (Å²) in [5.74, 6) is -0.0892. The molecule has 0 radical (unpaired) electrons. The van der Waals surface area contributed by atoms with Crippen LogP contribution in [0.4, 0.5) is 5.69 Å². The minimum atomic E-state index is -0.0738. The second-order valence-electron chi connectivity index (χ2n) is 7.69. The van der Waals surface area contributed by atoms with Crippen LogP contribution < -0.4 is 5.32 Å². The summed E-state index contributed by atoms with van der Waals surface area (Å²) in [6.45, 7) is 9.66. The minimum absolute atomic E-state index is 0.0154. The molecular formula is C20H30N2O3. The van der Waals surface area contributed by atoms with Crippen molar-refractivity contribution in [3.8, 4) is 0 Å². The number of nitrogens with one attached hydrogen (secondary N) is 1. The van der Waals surface area contributed by atoms with Crippen molar-refractivity contribution in [3.63, 3.8) is 0 Å². The summed E-state index contributed by atoms with van der Waals surface area (Å²) in [5.41, 5.74) is 1.90. The lowest BCUT2D eigenvalue weighted by Crippen LogP contribution is -2.37. The summed E-state index contributed by atoms with van der Waals surface area (Å²) in [6, 6.07) is 7.86. The molecule has 1 atom stereocenters. The lowest BCUT2D eigenvalue weighted by molar-refractivity contribution is -0.130. The second-order valence-corrected chi connectivity index (χ2v) is 7.69. The average Bonchev–Trinajstić information content (AvgIpc) is 3.03. The molecule has 2 rings (SSSR count). The summed E-state index contributed by atoms with van der Waals surface area (Å²) in [7, 11) is 0. The van der Waals surface area contributed by atoms with Gasteiger partial charge in [0.15, 0.2) is 0 Å². The second kappa shape index (κ2) is 8.48. The SMILES string of the molecule is CC(=O)N(CCC(=O)Nc1ccccc1C(C)(C)C)CC1CCCO1. The Morgan fingerprint density at radius 3 is 2.60 bits per heavy atom. The van der Waals surface area contributed by atoms with Crippen LogP contribution >= 0.6 is 0 Å². The summed E-state index contributed by atoms with van der Waals surface area (Å²) >= 11 is 0. The molecule has 25 heavy (non-hydrogen) atoms. The highest BCUT2D eigenvalue weighted by Gasteiger charge is 2.22. The summed E-state index contributed by atoms with van der Waals surface area (Å²) in [6.07, 6.45) is 2.41. The highest BCUT2D eigenvalue weighted by molar-refractivity contribution is 5.92. The third-order valence-corrected chi connectivity index (χ3v) is 4.51. The number of amides is 2. The summed E-state index contributed by atoms with van der Waals surface area (Å²) < 4.78 is 5.59. The van der Waals surface area contributed by atoms with E-state index in [0.29, 0.717) is 13.1 Å². The quantitative estimate of drug-likeness (QED) is 0.859. The molecular weight excluding hydrogens is 316 g/mol. The van der Waals surface area contributed by atoms with E-state index < -0.39 is 0 Å². The minimum Gasteiger partial charge on any atom is -0.376 e. The van der Waals surface area contributed by atoms with E-state index in [1.807, 2.05) is 24.3 Å². The average molecular weight is 346 g/mol. The van der Waals surface area contributed by atoms with E-state index in [4.69, 9.17) is 4.74 Å². The van der Waals surface area contributed by atoms with Crippen molar-refractivity contribution in [1.82, 2.24) is 4.90 Å². The molecule has 1 saturated heterocycles. The molecule has 5 nitrogen and oxygen atoms in total. The van der Waals surface area contributed by atoms with Crippen molar-refractivity contribution in [2.45, 2.75) is 58.5 Å². The predicted molar refractivity (Wildman–Crippen MR) is 99.6 cm³/mol. The van der Waals surface area contributed by atoms with Crippen molar-refractivity contribution in [2.75, 3.05) is 25.0 Å². The Balaban J connectivity index is 1.92. The van der Waals surface area contributed by atoms with Gasteiger partial charge >= 0.3 is 0 Å². The summed E-state index contributed by atoms with van der Waals surface area (Å²) in [5, 5.41) is 3.00. The van der Waals surface area contributed by atoms with Gasteiger partial charge < -0.3 is 15.0 Å². The number of ether oxygens (including phenoxy) is 1. The maximum atomic E-state index is 12.4. The Kier molecular flexibility index (Phi) is 6.59. The van der Waals surface area contributed by atoms with Crippen LogP contribution in [0.3, 0.4) is 0 Å². The molecule has 1 aliphatic heterocycles. The molecule has 138 valence electrons. The van der Waals surface area contributed by atoms with E-state index in [-0.39, 0.29) is 29.8 Å². The highest BCUT2D eigenvalue weighted by atomic mass is 16.5. The van der Waals surface area contributed by atoms with Crippen LogP contribution in [0.2, 0.25) is 0 Å². The van der Waals surface area contributed by atoms with Crippen LogP contribution in [0.5, 0.6) is 0 Å². The fourth-order valence-corrected chi connectivity index (χ4v) is 3.11. The van der Waals surface area contributed by atoms with Gasteiger partial charge in [0, 0.05) is 38.7 Å². The Bertz CT molecular complexity index is 601. The lowest BCUT2D eigenvalue weighted by atomic mass is 9.86. The number of rotatable bonds is 6. The fraction of sp³-hybridized carbons (Fsp3) is 0.600. The molecule has 0 aliphatic carbocycles. The molecule has 1 heterocycles. The third kappa shape index (κ3) is 5.85. The number of carbonyl (C=O) groups is 2. The molecule has 1 aromatic carbocycles.